The van der Waals surface area contributed by atoms with Crippen LogP contribution < -0.4 is 15.8 Å². The van der Waals surface area contributed by atoms with Crippen molar-refractivity contribution in [3.05, 3.63) is 59.0 Å². The molecule has 27 heavy (non-hydrogen) atoms. The number of rotatable bonds is 7. The maximum Gasteiger partial charge on any atom is 0.262 e. The second-order valence-corrected chi connectivity index (χ2v) is 6.95. The Morgan fingerprint density at radius 2 is 1.81 bits per heavy atom. The summed E-state index contributed by atoms with van der Waals surface area (Å²) < 4.78 is 5.79. The Morgan fingerprint density at radius 1 is 1.11 bits per heavy atom. The van der Waals surface area contributed by atoms with Gasteiger partial charge in [-0.1, -0.05) is 44.2 Å². The van der Waals surface area contributed by atoms with Crippen LogP contribution in [-0.4, -0.2) is 17.5 Å². The number of aryl methyl sites for hydroxylation is 2. The molecule has 1 heterocycles. The number of amides is 1. The van der Waals surface area contributed by atoms with Crippen LogP contribution in [-0.2, 0) is 17.6 Å². The number of ether oxygens (including phenoxy) is 1. The van der Waals surface area contributed by atoms with E-state index in [1.807, 2.05) is 47.8 Å². The number of para-hydroxylation sites is 2. The maximum absolute atomic E-state index is 12.5. The Kier molecular flexibility index (Phi) is 6.08. The molecule has 140 valence electrons. The minimum absolute atomic E-state index is 0.0716. The molecule has 0 atom stereocenters. The van der Waals surface area contributed by atoms with Crippen molar-refractivity contribution in [2.24, 2.45) is 0 Å². The standard InChI is InChI=1S/C21H23N3O2S/c1-3-14-8-7-9-15(4-2)20(14)24-19(25)12-26-18-11-6-5-10-16(18)17-13-27-21(22)23-17/h5-11,13H,3-4,12H2,1-2H3,(H2,22,23)(H,24,25). The molecule has 3 rings (SSSR count). The number of hydrogen-bond acceptors (Lipinski definition) is 5. The van der Waals surface area contributed by atoms with Gasteiger partial charge in [-0.15, -0.1) is 11.3 Å². The third kappa shape index (κ3) is 4.46. The molecule has 0 bridgehead atoms. The van der Waals surface area contributed by atoms with Crippen molar-refractivity contribution >= 4 is 28.1 Å². The number of carbonyl (C=O) groups is 1. The molecule has 0 fully saturated rings. The molecule has 1 aromatic heterocycles. The highest BCUT2D eigenvalue weighted by Gasteiger charge is 2.13. The fraction of sp³-hybridized carbons (Fsp3) is 0.238. The van der Waals surface area contributed by atoms with Gasteiger partial charge in [0.1, 0.15) is 5.75 Å². The zero-order valence-corrected chi connectivity index (χ0v) is 16.3. The first-order chi connectivity index (χ1) is 13.1. The Labute approximate surface area is 163 Å². The highest BCUT2D eigenvalue weighted by molar-refractivity contribution is 7.13. The molecule has 3 aromatic rings. The normalized spacial score (nSPS) is 10.6. The number of nitrogens with one attached hydrogen (secondary N) is 1. The van der Waals surface area contributed by atoms with E-state index < -0.39 is 0 Å². The first-order valence-electron chi connectivity index (χ1n) is 8.96. The third-order valence-electron chi connectivity index (χ3n) is 4.31. The molecule has 3 N–H and O–H groups in total. The van der Waals surface area contributed by atoms with E-state index in [9.17, 15) is 4.79 Å². The molecule has 2 aromatic carbocycles. The van der Waals surface area contributed by atoms with E-state index in [1.165, 1.54) is 11.3 Å². The number of anilines is 2. The Morgan fingerprint density at radius 3 is 2.44 bits per heavy atom. The number of carbonyl (C=O) groups excluding carboxylic acids is 1. The van der Waals surface area contributed by atoms with Gasteiger partial charge in [0, 0.05) is 16.6 Å². The first-order valence-corrected chi connectivity index (χ1v) is 9.84. The van der Waals surface area contributed by atoms with Gasteiger partial charge in [-0.25, -0.2) is 4.98 Å². The molecule has 0 unspecified atom stereocenters. The molecule has 0 saturated carbocycles. The summed E-state index contributed by atoms with van der Waals surface area (Å²) in [6.45, 7) is 4.09. The second-order valence-electron chi connectivity index (χ2n) is 6.06. The van der Waals surface area contributed by atoms with Crippen LogP contribution in [0, 0.1) is 0 Å². The molecule has 0 aliphatic rings. The van der Waals surface area contributed by atoms with Crippen molar-refractivity contribution in [2.45, 2.75) is 26.7 Å². The summed E-state index contributed by atoms with van der Waals surface area (Å²) in [7, 11) is 0. The summed E-state index contributed by atoms with van der Waals surface area (Å²) in [4.78, 5) is 16.8. The smallest absolute Gasteiger partial charge is 0.262 e. The summed E-state index contributed by atoms with van der Waals surface area (Å²) in [5.41, 5.74) is 10.5. The fourth-order valence-electron chi connectivity index (χ4n) is 2.94. The molecule has 0 aliphatic heterocycles. The lowest BCUT2D eigenvalue weighted by Gasteiger charge is -2.15. The van der Waals surface area contributed by atoms with E-state index in [-0.39, 0.29) is 12.5 Å². The minimum atomic E-state index is -0.182. The Hall–Kier alpha value is -2.86. The molecule has 0 radical (unpaired) electrons. The topological polar surface area (TPSA) is 77.2 Å². The van der Waals surface area contributed by atoms with E-state index in [0.29, 0.717) is 10.9 Å². The van der Waals surface area contributed by atoms with Gasteiger partial charge < -0.3 is 15.8 Å². The lowest BCUT2D eigenvalue weighted by Crippen LogP contribution is -2.22. The number of nitrogens with two attached hydrogens (primary N) is 1. The highest BCUT2D eigenvalue weighted by Crippen LogP contribution is 2.31. The zero-order valence-electron chi connectivity index (χ0n) is 15.5. The number of hydrogen-bond donors (Lipinski definition) is 2. The predicted molar refractivity (Wildman–Crippen MR) is 111 cm³/mol. The maximum atomic E-state index is 12.5. The van der Waals surface area contributed by atoms with Gasteiger partial charge in [0.05, 0.1) is 5.69 Å². The highest BCUT2D eigenvalue weighted by atomic mass is 32.1. The average molecular weight is 382 g/mol. The summed E-state index contributed by atoms with van der Waals surface area (Å²) in [5.74, 6) is 0.427. The van der Waals surface area contributed by atoms with Crippen molar-refractivity contribution in [1.82, 2.24) is 4.98 Å². The predicted octanol–water partition coefficient (Wildman–Crippen LogP) is 4.53. The molecule has 6 heteroatoms. The van der Waals surface area contributed by atoms with Crippen molar-refractivity contribution in [3.63, 3.8) is 0 Å². The Balaban J connectivity index is 1.73. The minimum Gasteiger partial charge on any atom is -0.483 e. The van der Waals surface area contributed by atoms with Crippen molar-refractivity contribution in [3.8, 4) is 17.0 Å². The monoisotopic (exact) mass is 381 g/mol. The zero-order chi connectivity index (χ0) is 19.2. The second kappa shape index (κ2) is 8.68. The average Bonchev–Trinajstić information content (AvgIpc) is 3.13. The van der Waals surface area contributed by atoms with Gasteiger partial charge in [0.25, 0.3) is 5.91 Å². The third-order valence-corrected chi connectivity index (χ3v) is 4.98. The fourth-order valence-corrected chi connectivity index (χ4v) is 3.50. The number of nitrogens with zero attached hydrogens (tertiary/aromatic N) is 1. The van der Waals surface area contributed by atoms with Crippen LogP contribution in [0.3, 0.4) is 0 Å². The number of aromatic nitrogens is 1. The number of thiazole rings is 1. The summed E-state index contributed by atoms with van der Waals surface area (Å²) in [5, 5.41) is 5.40. The van der Waals surface area contributed by atoms with Gasteiger partial charge >= 0.3 is 0 Å². The van der Waals surface area contributed by atoms with Crippen molar-refractivity contribution in [1.29, 1.82) is 0 Å². The largest absolute Gasteiger partial charge is 0.483 e. The summed E-state index contributed by atoms with van der Waals surface area (Å²) in [6.07, 6.45) is 1.72. The van der Waals surface area contributed by atoms with Crippen LogP contribution in [0.25, 0.3) is 11.3 Å². The van der Waals surface area contributed by atoms with Crippen LogP contribution in [0.15, 0.2) is 47.8 Å². The molecule has 5 nitrogen and oxygen atoms in total. The molecule has 1 amide bonds. The van der Waals surface area contributed by atoms with Gasteiger partial charge in [0.15, 0.2) is 11.7 Å². The van der Waals surface area contributed by atoms with Crippen molar-refractivity contribution < 1.29 is 9.53 Å². The van der Waals surface area contributed by atoms with Crippen LogP contribution >= 0.6 is 11.3 Å². The molecule has 0 spiro atoms. The SMILES string of the molecule is CCc1cccc(CC)c1NC(=O)COc1ccccc1-c1csc(N)n1. The first kappa shape index (κ1) is 18.9. The lowest BCUT2D eigenvalue weighted by atomic mass is 10.0. The molecular formula is C21H23N3O2S. The number of nitrogen functional groups attached to an aromatic ring is 1. The van der Waals surface area contributed by atoms with E-state index in [1.54, 1.807) is 0 Å². The van der Waals surface area contributed by atoms with Crippen LogP contribution in [0.1, 0.15) is 25.0 Å². The molecular weight excluding hydrogens is 358 g/mol. The lowest BCUT2D eigenvalue weighted by molar-refractivity contribution is -0.118. The van der Waals surface area contributed by atoms with Gasteiger partial charge in [0.2, 0.25) is 0 Å². The van der Waals surface area contributed by atoms with Crippen LogP contribution in [0.5, 0.6) is 5.75 Å². The molecule has 0 saturated heterocycles. The van der Waals surface area contributed by atoms with E-state index in [0.717, 1.165) is 40.9 Å². The quantitative estimate of drug-likeness (QED) is 0.630. The van der Waals surface area contributed by atoms with Crippen LogP contribution in [0.2, 0.25) is 0 Å². The van der Waals surface area contributed by atoms with Crippen LogP contribution in [0.4, 0.5) is 10.8 Å². The van der Waals surface area contributed by atoms with Crippen molar-refractivity contribution in [2.75, 3.05) is 17.7 Å². The van der Waals surface area contributed by atoms with E-state index in [2.05, 4.69) is 24.1 Å². The number of benzene rings is 2. The summed E-state index contributed by atoms with van der Waals surface area (Å²) in [6, 6.07) is 13.6. The van der Waals surface area contributed by atoms with E-state index >= 15 is 0 Å². The van der Waals surface area contributed by atoms with Gasteiger partial charge in [-0.05, 0) is 36.1 Å². The Bertz CT molecular complexity index is 914. The van der Waals surface area contributed by atoms with Gasteiger partial charge in [-0.3, -0.25) is 4.79 Å². The van der Waals surface area contributed by atoms with E-state index in [4.69, 9.17) is 10.5 Å². The summed E-state index contributed by atoms with van der Waals surface area (Å²) >= 11 is 1.37. The molecule has 0 aliphatic carbocycles. The van der Waals surface area contributed by atoms with Gasteiger partial charge in [-0.2, -0.15) is 0 Å².